The largest absolute Gasteiger partial charge is 0.229 e. The number of sulfone groups is 1. The van der Waals surface area contributed by atoms with Crippen molar-refractivity contribution in [2.75, 3.05) is 6.26 Å². The van der Waals surface area contributed by atoms with Crippen molar-refractivity contribution in [3.8, 4) is 6.07 Å². The van der Waals surface area contributed by atoms with Crippen molar-refractivity contribution in [3.05, 3.63) is 77.4 Å². The number of nitriles is 1. The van der Waals surface area contributed by atoms with Gasteiger partial charge in [0, 0.05) is 6.26 Å². The summed E-state index contributed by atoms with van der Waals surface area (Å²) in [6.07, 6.45) is 21.1. The Balaban J connectivity index is 1.53. The van der Waals surface area contributed by atoms with Crippen molar-refractivity contribution in [3.63, 3.8) is 0 Å². The van der Waals surface area contributed by atoms with Crippen LogP contribution in [0.25, 0.3) is 6.08 Å². The highest BCUT2D eigenvalue weighted by Gasteiger charge is 2.22. The first-order chi connectivity index (χ1) is 13.4. The molecule has 0 saturated heterocycles. The molecule has 3 unspecified atom stereocenters. The zero-order chi connectivity index (χ0) is 20.0. The second kappa shape index (κ2) is 9.21. The zero-order valence-corrected chi connectivity index (χ0v) is 17.1. The Labute approximate surface area is 168 Å². The average molecular weight is 394 g/mol. The van der Waals surface area contributed by atoms with Crippen LogP contribution in [-0.2, 0) is 9.84 Å². The number of benzene rings is 1. The van der Waals surface area contributed by atoms with Gasteiger partial charge in [0.1, 0.15) is 0 Å². The van der Waals surface area contributed by atoms with E-state index >= 15 is 0 Å². The highest BCUT2D eigenvalue weighted by molar-refractivity contribution is 7.91. The van der Waals surface area contributed by atoms with E-state index in [-0.39, 0.29) is 5.25 Å². The minimum atomic E-state index is -2.92. The van der Waals surface area contributed by atoms with E-state index in [2.05, 4.69) is 48.6 Å². The fourth-order valence-electron chi connectivity index (χ4n) is 3.75. The lowest BCUT2D eigenvalue weighted by Crippen LogP contribution is -2.21. The van der Waals surface area contributed by atoms with Gasteiger partial charge in [0.05, 0.1) is 16.9 Å². The molecule has 146 valence electrons. The van der Waals surface area contributed by atoms with Crippen LogP contribution in [-0.4, -0.2) is 19.9 Å². The van der Waals surface area contributed by atoms with Gasteiger partial charge in [0.25, 0.3) is 0 Å². The molecular formula is C24H27NO2S. The predicted molar refractivity (Wildman–Crippen MR) is 115 cm³/mol. The van der Waals surface area contributed by atoms with Crippen molar-refractivity contribution < 1.29 is 8.42 Å². The van der Waals surface area contributed by atoms with Gasteiger partial charge in [-0.25, -0.2) is 8.42 Å². The first-order valence-corrected chi connectivity index (χ1v) is 11.8. The molecule has 0 spiro atoms. The van der Waals surface area contributed by atoms with Crippen LogP contribution in [0.5, 0.6) is 0 Å². The third-order valence-electron chi connectivity index (χ3n) is 5.55. The molecule has 4 heteroatoms. The zero-order valence-electron chi connectivity index (χ0n) is 16.3. The minimum Gasteiger partial charge on any atom is -0.229 e. The number of rotatable bonds is 5. The minimum absolute atomic E-state index is 0.208. The smallest absolute Gasteiger partial charge is 0.150 e. The van der Waals surface area contributed by atoms with E-state index in [1.54, 1.807) is 0 Å². The summed E-state index contributed by atoms with van der Waals surface area (Å²) < 4.78 is 23.3. The summed E-state index contributed by atoms with van der Waals surface area (Å²) in [7, 11) is -2.92. The summed E-state index contributed by atoms with van der Waals surface area (Å²) in [6.45, 7) is 0. The molecule has 0 bridgehead atoms. The quantitative estimate of drug-likeness (QED) is 0.643. The van der Waals surface area contributed by atoms with Crippen LogP contribution in [0.15, 0.2) is 66.3 Å². The van der Waals surface area contributed by atoms with Gasteiger partial charge < -0.3 is 0 Å². The first-order valence-electron chi connectivity index (χ1n) is 9.87. The summed E-state index contributed by atoms with van der Waals surface area (Å²) in [4.78, 5) is 0. The van der Waals surface area contributed by atoms with Crippen molar-refractivity contribution >= 4 is 15.9 Å². The van der Waals surface area contributed by atoms with E-state index < -0.39 is 9.84 Å². The summed E-state index contributed by atoms with van der Waals surface area (Å²) in [5.41, 5.74) is 3.00. The lowest BCUT2D eigenvalue weighted by atomic mass is 9.87. The fraction of sp³-hybridized carbons (Fsp3) is 0.375. The maximum atomic E-state index is 11.6. The van der Waals surface area contributed by atoms with E-state index in [1.807, 2.05) is 24.3 Å². The lowest BCUT2D eigenvalue weighted by Gasteiger charge is -2.20. The summed E-state index contributed by atoms with van der Waals surface area (Å²) in [6, 6.07) is 9.82. The summed E-state index contributed by atoms with van der Waals surface area (Å²) >= 11 is 0. The number of hydrogen-bond donors (Lipinski definition) is 0. The SMILES string of the molecule is CS(=O)(=O)C1CC=C(/C=C\C2C=CC(/C=C\c3cccc(C#N)c3)CC2)CC1. The van der Waals surface area contributed by atoms with E-state index in [1.165, 1.54) is 11.8 Å². The van der Waals surface area contributed by atoms with Gasteiger partial charge in [-0.05, 0) is 61.6 Å². The van der Waals surface area contributed by atoms with Crippen LogP contribution < -0.4 is 0 Å². The highest BCUT2D eigenvalue weighted by atomic mass is 32.2. The van der Waals surface area contributed by atoms with Gasteiger partial charge in [-0.1, -0.05) is 60.2 Å². The van der Waals surface area contributed by atoms with Crippen molar-refractivity contribution in [1.29, 1.82) is 5.26 Å². The molecule has 2 aliphatic carbocycles. The third kappa shape index (κ3) is 5.81. The van der Waals surface area contributed by atoms with Crippen molar-refractivity contribution in [2.45, 2.75) is 37.4 Å². The Morgan fingerprint density at radius 3 is 2.36 bits per heavy atom. The number of nitrogens with zero attached hydrogens (tertiary/aromatic N) is 1. The lowest BCUT2D eigenvalue weighted by molar-refractivity contribution is 0.563. The molecule has 0 heterocycles. The van der Waals surface area contributed by atoms with Gasteiger partial charge in [0.15, 0.2) is 9.84 Å². The van der Waals surface area contributed by atoms with Gasteiger partial charge in [0.2, 0.25) is 0 Å². The molecule has 2 aliphatic rings. The van der Waals surface area contributed by atoms with Gasteiger partial charge >= 0.3 is 0 Å². The Hall–Kier alpha value is -2.38. The standard InChI is InChI=1S/C24H27NO2S/c1-28(26,27)24-15-13-21(14-16-24)10-9-19-5-7-20(8-6-19)11-12-22-3-2-4-23(17-22)18-25/h2-5,7,9-13,17,19-20,24H,6,8,14-16H2,1H3/b10-9-,12-11-. The maximum Gasteiger partial charge on any atom is 0.150 e. The second-order valence-corrected chi connectivity index (χ2v) is 10.1. The fourth-order valence-corrected chi connectivity index (χ4v) is 4.74. The van der Waals surface area contributed by atoms with Crippen LogP contribution in [0.1, 0.15) is 43.2 Å². The molecular weight excluding hydrogens is 366 g/mol. The van der Waals surface area contributed by atoms with Gasteiger partial charge in [-0.15, -0.1) is 0 Å². The monoisotopic (exact) mass is 393 g/mol. The molecule has 0 aromatic heterocycles. The molecule has 3 rings (SSSR count). The Morgan fingerprint density at radius 1 is 1.07 bits per heavy atom. The molecule has 0 aliphatic heterocycles. The van der Waals surface area contributed by atoms with Crippen LogP contribution in [0.2, 0.25) is 0 Å². The first kappa shape index (κ1) is 20.4. The molecule has 0 radical (unpaired) electrons. The summed E-state index contributed by atoms with van der Waals surface area (Å²) in [5.74, 6) is 0.875. The van der Waals surface area contributed by atoms with E-state index in [9.17, 15) is 8.42 Å². The van der Waals surface area contributed by atoms with Crippen molar-refractivity contribution in [1.82, 2.24) is 0 Å². The molecule has 3 nitrogen and oxygen atoms in total. The van der Waals surface area contributed by atoms with E-state index in [0.717, 1.165) is 31.2 Å². The second-order valence-electron chi connectivity index (χ2n) is 7.75. The molecule has 1 aromatic rings. The molecule has 1 aromatic carbocycles. The van der Waals surface area contributed by atoms with Crippen LogP contribution in [0.4, 0.5) is 0 Å². The topological polar surface area (TPSA) is 57.9 Å². The Morgan fingerprint density at radius 2 is 1.79 bits per heavy atom. The number of allylic oxidation sites excluding steroid dienone is 7. The third-order valence-corrected chi connectivity index (χ3v) is 7.19. The Bertz CT molecular complexity index is 961. The normalized spacial score (nSPS) is 25.7. The maximum absolute atomic E-state index is 11.6. The molecule has 0 amide bonds. The van der Waals surface area contributed by atoms with E-state index in [4.69, 9.17) is 5.26 Å². The highest BCUT2D eigenvalue weighted by Crippen LogP contribution is 2.27. The van der Waals surface area contributed by atoms with E-state index in [0.29, 0.717) is 23.8 Å². The molecule has 3 atom stereocenters. The average Bonchev–Trinajstić information content (AvgIpc) is 2.71. The molecule has 28 heavy (non-hydrogen) atoms. The molecule has 0 N–H and O–H groups in total. The van der Waals surface area contributed by atoms with Gasteiger partial charge in [-0.3, -0.25) is 0 Å². The summed E-state index contributed by atoms with van der Waals surface area (Å²) in [5, 5.41) is 8.77. The van der Waals surface area contributed by atoms with Crippen LogP contribution >= 0.6 is 0 Å². The molecule has 0 saturated carbocycles. The van der Waals surface area contributed by atoms with Crippen LogP contribution in [0, 0.1) is 23.2 Å². The predicted octanol–water partition coefficient (Wildman–Crippen LogP) is 5.23. The van der Waals surface area contributed by atoms with Crippen molar-refractivity contribution in [2.24, 2.45) is 11.8 Å². The number of hydrogen-bond acceptors (Lipinski definition) is 3. The molecule has 0 fully saturated rings. The van der Waals surface area contributed by atoms with Gasteiger partial charge in [-0.2, -0.15) is 5.26 Å². The van der Waals surface area contributed by atoms with Crippen LogP contribution in [0.3, 0.4) is 0 Å². The Kier molecular flexibility index (Phi) is 6.70.